The average Bonchev–Trinajstić information content (AvgIpc) is 2.57. The topological polar surface area (TPSA) is 52.6 Å². The van der Waals surface area contributed by atoms with E-state index < -0.39 is 0 Å². The van der Waals surface area contributed by atoms with Crippen LogP contribution in [0.4, 0.5) is 4.79 Å². The van der Waals surface area contributed by atoms with Crippen molar-refractivity contribution in [2.24, 2.45) is 0 Å². The number of nitrogens with zero attached hydrogens (tertiary/aromatic N) is 1. The van der Waals surface area contributed by atoms with Crippen LogP contribution in [0.2, 0.25) is 0 Å². The van der Waals surface area contributed by atoms with Crippen LogP contribution in [0.15, 0.2) is 48.5 Å². The van der Waals surface area contributed by atoms with Gasteiger partial charge in [0.1, 0.15) is 0 Å². The van der Waals surface area contributed by atoms with E-state index in [9.17, 15) is 4.79 Å². The van der Waals surface area contributed by atoms with Gasteiger partial charge >= 0.3 is 6.03 Å². The Morgan fingerprint density at radius 1 is 1.08 bits per heavy atom. The van der Waals surface area contributed by atoms with Gasteiger partial charge in [0.15, 0.2) is 0 Å². The van der Waals surface area contributed by atoms with Crippen LogP contribution < -0.4 is 5.32 Å². The van der Waals surface area contributed by atoms with Crippen molar-refractivity contribution in [2.75, 3.05) is 19.7 Å². The smallest absolute Gasteiger partial charge is 0.318 e. The summed E-state index contributed by atoms with van der Waals surface area (Å²) in [5.41, 5.74) is 4.41. The molecule has 0 aliphatic rings. The van der Waals surface area contributed by atoms with Gasteiger partial charge in [-0.3, -0.25) is 0 Å². The molecule has 0 spiro atoms. The van der Waals surface area contributed by atoms with Crippen LogP contribution in [0.3, 0.4) is 0 Å². The third kappa shape index (κ3) is 4.59. The Morgan fingerprint density at radius 3 is 2.04 bits per heavy atom. The Labute approximate surface area is 144 Å². The number of aliphatic hydroxyl groups is 1. The number of aryl methyl sites for hydroxylation is 2. The first kappa shape index (κ1) is 18.0. The number of rotatable bonds is 6. The van der Waals surface area contributed by atoms with Gasteiger partial charge < -0.3 is 15.3 Å². The first-order valence-electron chi connectivity index (χ1n) is 8.34. The summed E-state index contributed by atoms with van der Waals surface area (Å²) in [5, 5.41) is 12.3. The summed E-state index contributed by atoms with van der Waals surface area (Å²) in [6, 6.07) is 16.0. The van der Waals surface area contributed by atoms with Gasteiger partial charge in [0, 0.05) is 13.1 Å². The van der Waals surface area contributed by atoms with Crippen molar-refractivity contribution in [3.63, 3.8) is 0 Å². The molecule has 0 heterocycles. The number of hydrogen-bond acceptors (Lipinski definition) is 2. The molecule has 0 bridgehead atoms. The number of benzene rings is 2. The van der Waals surface area contributed by atoms with E-state index in [-0.39, 0.29) is 18.7 Å². The highest BCUT2D eigenvalue weighted by Crippen LogP contribution is 2.24. The number of urea groups is 1. The van der Waals surface area contributed by atoms with E-state index in [0.29, 0.717) is 13.1 Å². The normalized spacial score (nSPS) is 10.7. The second-order valence-corrected chi connectivity index (χ2v) is 6.01. The van der Waals surface area contributed by atoms with Crippen molar-refractivity contribution < 1.29 is 9.90 Å². The summed E-state index contributed by atoms with van der Waals surface area (Å²) in [6.45, 7) is 6.84. The van der Waals surface area contributed by atoms with Crippen LogP contribution >= 0.6 is 0 Å². The minimum atomic E-state index is -0.218. The molecule has 2 amide bonds. The van der Waals surface area contributed by atoms with Gasteiger partial charge in [-0.25, -0.2) is 4.79 Å². The third-order valence-electron chi connectivity index (χ3n) is 4.06. The second-order valence-electron chi connectivity index (χ2n) is 6.01. The summed E-state index contributed by atoms with van der Waals surface area (Å²) in [5.74, 6) is 0. The molecule has 0 saturated carbocycles. The van der Waals surface area contributed by atoms with E-state index in [2.05, 4.69) is 17.4 Å². The van der Waals surface area contributed by atoms with Crippen molar-refractivity contribution in [3.05, 3.63) is 70.8 Å². The lowest BCUT2D eigenvalue weighted by molar-refractivity contribution is 0.178. The molecule has 4 nitrogen and oxygen atoms in total. The number of amides is 2. The molecule has 0 radical (unpaired) electrons. The van der Waals surface area contributed by atoms with E-state index in [1.165, 1.54) is 0 Å². The van der Waals surface area contributed by atoms with Crippen LogP contribution in [0.25, 0.3) is 0 Å². The fourth-order valence-electron chi connectivity index (χ4n) is 2.80. The Morgan fingerprint density at radius 2 is 1.62 bits per heavy atom. The zero-order chi connectivity index (χ0) is 17.5. The molecule has 128 valence electrons. The molecule has 0 aliphatic heterocycles. The molecule has 0 aliphatic carbocycles. The van der Waals surface area contributed by atoms with Crippen molar-refractivity contribution >= 4 is 6.03 Å². The Bertz CT molecular complexity index is 639. The van der Waals surface area contributed by atoms with Crippen LogP contribution in [-0.4, -0.2) is 35.7 Å². The van der Waals surface area contributed by atoms with Crippen LogP contribution in [0, 0.1) is 13.8 Å². The van der Waals surface area contributed by atoms with Crippen molar-refractivity contribution in [1.82, 2.24) is 10.2 Å². The van der Waals surface area contributed by atoms with E-state index in [0.717, 1.165) is 22.3 Å². The van der Waals surface area contributed by atoms with E-state index in [4.69, 9.17) is 5.11 Å². The van der Waals surface area contributed by atoms with Crippen LogP contribution in [0.1, 0.15) is 35.2 Å². The zero-order valence-electron chi connectivity index (χ0n) is 14.6. The highest BCUT2D eigenvalue weighted by atomic mass is 16.3. The molecule has 0 atom stereocenters. The van der Waals surface area contributed by atoms with Crippen molar-refractivity contribution in [1.29, 1.82) is 0 Å². The number of carbonyl (C=O) groups excluding carboxylic acids is 1. The highest BCUT2D eigenvalue weighted by Gasteiger charge is 2.20. The number of aliphatic hydroxyl groups excluding tert-OH is 1. The average molecular weight is 326 g/mol. The largest absolute Gasteiger partial charge is 0.395 e. The van der Waals surface area contributed by atoms with Crippen LogP contribution in [0.5, 0.6) is 0 Å². The Balaban J connectivity index is 2.34. The Hall–Kier alpha value is -2.33. The van der Waals surface area contributed by atoms with Gasteiger partial charge in [0.2, 0.25) is 0 Å². The lowest BCUT2D eigenvalue weighted by Crippen LogP contribution is -2.43. The summed E-state index contributed by atoms with van der Waals surface area (Å²) in [7, 11) is 0. The summed E-state index contributed by atoms with van der Waals surface area (Å²) in [6.07, 6.45) is 0. The maximum Gasteiger partial charge on any atom is 0.318 e. The maximum absolute atomic E-state index is 12.6. The molecule has 2 rings (SSSR count). The van der Waals surface area contributed by atoms with Gasteiger partial charge in [0.05, 0.1) is 12.6 Å². The standard InChI is InChI=1S/C20H26N2O2/c1-4-22(11-12-23)20(24)21-19(17-9-5-7-15(2)13-17)18-10-6-8-16(3)14-18/h5-10,13-14,19,23H,4,11-12H2,1-3H3,(H,21,24). The SMILES string of the molecule is CCN(CCO)C(=O)NC(c1cccc(C)c1)c1cccc(C)c1. The van der Waals surface area contributed by atoms with Gasteiger partial charge in [-0.2, -0.15) is 0 Å². The molecular weight excluding hydrogens is 300 g/mol. The molecular formula is C20H26N2O2. The van der Waals surface area contributed by atoms with Crippen LogP contribution in [-0.2, 0) is 0 Å². The van der Waals surface area contributed by atoms with Crippen molar-refractivity contribution in [3.8, 4) is 0 Å². The minimum absolute atomic E-state index is 0.0409. The van der Waals surface area contributed by atoms with Gasteiger partial charge in [-0.15, -0.1) is 0 Å². The summed E-state index contributed by atoms with van der Waals surface area (Å²) >= 11 is 0. The number of likely N-dealkylation sites (N-methyl/N-ethyl adjacent to an activating group) is 1. The molecule has 0 unspecified atom stereocenters. The quantitative estimate of drug-likeness (QED) is 0.854. The monoisotopic (exact) mass is 326 g/mol. The lowest BCUT2D eigenvalue weighted by Gasteiger charge is -2.26. The lowest BCUT2D eigenvalue weighted by atomic mass is 9.96. The highest BCUT2D eigenvalue weighted by molar-refractivity contribution is 5.75. The van der Waals surface area contributed by atoms with E-state index in [1.54, 1.807) is 4.90 Å². The summed E-state index contributed by atoms with van der Waals surface area (Å²) < 4.78 is 0. The van der Waals surface area contributed by atoms with E-state index in [1.807, 2.05) is 57.2 Å². The number of carbonyl (C=O) groups is 1. The molecule has 0 saturated heterocycles. The first-order valence-corrected chi connectivity index (χ1v) is 8.34. The van der Waals surface area contributed by atoms with Gasteiger partial charge in [-0.05, 0) is 31.9 Å². The number of nitrogens with one attached hydrogen (secondary N) is 1. The molecule has 24 heavy (non-hydrogen) atoms. The molecule has 2 N–H and O–H groups in total. The first-order chi connectivity index (χ1) is 11.5. The van der Waals surface area contributed by atoms with E-state index >= 15 is 0 Å². The number of hydrogen-bond donors (Lipinski definition) is 2. The fraction of sp³-hybridized carbons (Fsp3) is 0.350. The predicted molar refractivity (Wildman–Crippen MR) is 97.1 cm³/mol. The zero-order valence-corrected chi connectivity index (χ0v) is 14.6. The third-order valence-corrected chi connectivity index (χ3v) is 4.06. The van der Waals surface area contributed by atoms with Gasteiger partial charge in [0.25, 0.3) is 0 Å². The Kier molecular flexibility index (Phi) is 6.38. The van der Waals surface area contributed by atoms with Crippen molar-refractivity contribution in [2.45, 2.75) is 26.8 Å². The molecule has 0 fully saturated rings. The maximum atomic E-state index is 12.6. The minimum Gasteiger partial charge on any atom is -0.395 e. The van der Waals surface area contributed by atoms with Gasteiger partial charge in [-0.1, -0.05) is 59.7 Å². The summed E-state index contributed by atoms with van der Waals surface area (Å²) in [4.78, 5) is 14.2. The molecule has 0 aromatic heterocycles. The molecule has 4 heteroatoms. The molecule has 2 aromatic rings. The fourth-order valence-corrected chi connectivity index (χ4v) is 2.80. The molecule has 2 aromatic carbocycles. The second kappa shape index (κ2) is 8.50. The predicted octanol–water partition coefficient (Wildman–Crippen LogP) is 3.42.